The first kappa shape index (κ1) is 14.7. The van der Waals surface area contributed by atoms with Crippen molar-refractivity contribution in [2.75, 3.05) is 19.8 Å². The topological polar surface area (TPSA) is 61.6 Å². The SMILES string of the molecule is CCCCOCCc1cc(CC(=O)OCC)on1. The van der Waals surface area contributed by atoms with Gasteiger partial charge >= 0.3 is 5.97 Å². The zero-order valence-corrected chi connectivity index (χ0v) is 11.1. The van der Waals surface area contributed by atoms with Gasteiger partial charge in [0.2, 0.25) is 0 Å². The summed E-state index contributed by atoms with van der Waals surface area (Å²) in [5, 5.41) is 3.88. The van der Waals surface area contributed by atoms with Crippen LogP contribution < -0.4 is 0 Å². The van der Waals surface area contributed by atoms with E-state index in [0.717, 1.165) is 25.1 Å². The highest BCUT2D eigenvalue weighted by atomic mass is 16.5. The quantitative estimate of drug-likeness (QED) is 0.499. The van der Waals surface area contributed by atoms with Gasteiger partial charge in [-0.25, -0.2) is 0 Å². The van der Waals surface area contributed by atoms with Crippen LogP contribution in [0.25, 0.3) is 0 Å². The van der Waals surface area contributed by atoms with Crippen molar-refractivity contribution in [2.24, 2.45) is 0 Å². The molecule has 1 aromatic heterocycles. The van der Waals surface area contributed by atoms with E-state index >= 15 is 0 Å². The molecule has 0 fully saturated rings. The van der Waals surface area contributed by atoms with Gasteiger partial charge in [-0.1, -0.05) is 18.5 Å². The zero-order valence-electron chi connectivity index (χ0n) is 11.1. The van der Waals surface area contributed by atoms with Gasteiger partial charge in [-0.3, -0.25) is 4.79 Å². The van der Waals surface area contributed by atoms with Crippen LogP contribution in [-0.2, 0) is 27.1 Å². The van der Waals surface area contributed by atoms with Crippen molar-refractivity contribution in [3.8, 4) is 0 Å². The Morgan fingerprint density at radius 3 is 2.94 bits per heavy atom. The predicted molar refractivity (Wildman–Crippen MR) is 66.3 cm³/mol. The highest BCUT2D eigenvalue weighted by Crippen LogP contribution is 2.06. The number of carbonyl (C=O) groups is 1. The van der Waals surface area contributed by atoms with Gasteiger partial charge < -0.3 is 14.0 Å². The molecule has 5 heteroatoms. The van der Waals surface area contributed by atoms with Crippen molar-refractivity contribution >= 4 is 5.97 Å². The maximum absolute atomic E-state index is 11.2. The summed E-state index contributed by atoms with van der Waals surface area (Å²) in [5.74, 6) is 0.247. The van der Waals surface area contributed by atoms with Crippen LogP contribution in [-0.4, -0.2) is 30.9 Å². The Morgan fingerprint density at radius 1 is 1.39 bits per heavy atom. The fraction of sp³-hybridized carbons (Fsp3) is 0.692. The number of aromatic nitrogens is 1. The second-order valence-electron chi connectivity index (χ2n) is 3.98. The third kappa shape index (κ3) is 5.82. The molecular formula is C13H21NO4. The second-order valence-corrected chi connectivity index (χ2v) is 3.98. The van der Waals surface area contributed by atoms with E-state index in [1.54, 1.807) is 13.0 Å². The molecule has 1 rings (SSSR count). The molecule has 5 nitrogen and oxygen atoms in total. The van der Waals surface area contributed by atoms with Crippen LogP contribution >= 0.6 is 0 Å². The Labute approximate surface area is 107 Å². The summed E-state index contributed by atoms with van der Waals surface area (Å²) in [6.45, 7) is 5.69. The number of rotatable bonds is 9. The Bertz CT molecular complexity index is 349. The van der Waals surface area contributed by atoms with Crippen LogP contribution in [0.15, 0.2) is 10.6 Å². The van der Waals surface area contributed by atoms with E-state index in [0.29, 0.717) is 25.4 Å². The molecule has 0 N–H and O–H groups in total. The lowest BCUT2D eigenvalue weighted by Crippen LogP contribution is -2.06. The molecule has 0 aromatic carbocycles. The second kappa shape index (κ2) is 8.69. The van der Waals surface area contributed by atoms with E-state index in [1.165, 1.54) is 0 Å². The van der Waals surface area contributed by atoms with Gasteiger partial charge in [-0.15, -0.1) is 0 Å². The van der Waals surface area contributed by atoms with Gasteiger partial charge in [0.25, 0.3) is 0 Å². The van der Waals surface area contributed by atoms with Crippen LogP contribution in [0.3, 0.4) is 0 Å². The zero-order chi connectivity index (χ0) is 13.2. The van der Waals surface area contributed by atoms with Crippen molar-refractivity contribution in [1.29, 1.82) is 0 Å². The number of ether oxygens (including phenoxy) is 2. The van der Waals surface area contributed by atoms with Crippen LogP contribution in [0.4, 0.5) is 0 Å². The number of carbonyl (C=O) groups excluding carboxylic acids is 1. The van der Waals surface area contributed by atoms with E-state index in [4.69, 9.17) is 14.0 Å². The molecule has 0 atom stereocenters. The molecule has 0 radical (unpaired) electrons. The van der Waals surface area contributed by atoms with E-state index in [9.17, 15) is 4.79 Å². The van der Waals surface area contributed by atoms with Gasteiger partial charge in [-0.2, -0.15) is 0 Å². The van der Waals surface area contributed by atoms with Gasteiger partial charge in [-0.05, 0) is 13.3 Å². The van der Waals surface area contributed by atoms with Crippen molar-refractivity contribution < 1.29 is 18.8 Å². The molecular weight excluding hydrogens is 234 g/mol. The van der Waals surface area contributed by atoms with Crippen LogP contribution in [0.2, 0.25) is 0 Å². The third-order valence-electron chi connectivity index (χ3n) is 2.38. The average molecular weight is 255 g/mol. The van der Waals surface area contributed by atoms with Gasteiger partial charge in [0.05, 0.1) is 18.9 Å². The maximum Gasteiger partial charge on any atom is 0.313 e. The maximum atomic E-state index is 11.2. The minimum absolute atomic E-state index is 0.136. The summed E-state index contributed by atoms with van der Waals surface area (Å²) in [4.78, 5) is 11.2. The van der Waals surface area contributed by atoms with Gasteiger partial charge in [0, 0.05) is 19.1 Å². The molecule has 0 bridgehead atoms. The first-order chi connectivity index (χ1) is 8.76. The summed E-state index contributed by atoms with van der Waals surface area (Å²) in [6.07, 6.45) is 3.05. The van der Waals surface area contributed by atoms with E-state index in [1.807, 2.05) is 0 Å². The van der Waals surface area contributed by atoms with Gasteiger partial charge in [0.1, 0.15) is 12.2 Å². The minimum atomic E-state index is -0.292. The van der Waals surface area contributed by atoms with E-state index in [2.05, 4.69) is 12.1 Å². The average Bonchev–Trinajstić information content (AvgIpc) is 2.77. The largest absolute Gasteiger partial charge is 0.466 e. The summed E-state index contributed by atoms with van der Waals surface area (Å²) >= 11 is 0. The Hall–Kier alpha value is -1.36. The molecule has 0 aliphatic heterocycles. The molecule has 0 aliphatic carbocycles. The molecule has 0 saturated carbocycles. The first-order valence-electron chi connectivity index (χ1n) is 6.44. The molecule has 1 aromatic rings. The van der Waals surface area contributed by atoms with Crippen molar-refractivity contribution in [3.63, 3.8) is 0 Å². The summed E-state index contributed by atoms with van der Waals surface area (Å²) in [7, 11) is 0. The fourth-order valence-electron chi connectivity index (χ4n) is 1.44. The lowest BCUT2D eigenvalue weighted by Gasteiger charge is -1.99. The number of hydrogen-bond acceptors (Lipinski definition) is 5. The first-order valence-corrected chi connectivity index (χ1v) is 6.44. The van der Waals surface area contributed by atoms with Crippen molar-refractivity contribution in [2.45, 2.75) is 39.5 Å². The number of unbranched alkanes of at least 4 members (excludes halogenated alkanes) is 1. The van der Waals surface area contributed by atoms with Crippen LogP contribution in [0.5, 0.6) is 0 Å². The Balaban J connectivity index is 2.23. The molecule has 0 aliphatic rings. The van der Waals surface area contributed by atoms with Crippen molar-refractivity contribution in [3.05, 3.63) is 17.5 Å². The smallest absolute Gasteiger partial charge is 0.313 e. The molecule has 1 heterocycles. The van der Waals surface area contributed by atoms with Crippen molar-refractivity contribution in [1.82, 2.24) is 5.16 Å². The minimum Gasteiger partial charge on any atom is -0.466 e. The van der Waals surface area contributed by atoms with E-state index in [-0.39, 0.29) is 12.4 Å². The van der Waals surface area contributed by atoms with Gasteiger partial charge in [0.15, 0.2) is 0 Å². The third-order valence-corrected chi connectivity index (χ3v) is 2.38. The van der Waals surface area contributed by atoms with E-state index < -0.39 is 0 Å². The monoisotopic (exact) mass is 255 g/mol. The molecule has 18 heavy (non-hydrogen) atoms. The highest BCUT2D eigenvalue weighted by molar-refractivity contribution is 5.71. The number of hydrogen-bond donors (Lipinski definition) is 0. The predicted octanol–water partition coefficient (Wildman–Crippen LogP) is 2.14. The van der Waals surface area contributed by atoms with Crippen LogP contribution in [0.1, 0.15) is 38.1 Å². The summed E-state index contributed by atoms with van der Waals surface area (Å²) in [6, 6.07) is 1.78. The Morgan fingerprint density at radius 2 is 2.22 bits per heavy atom. The standard InChI is InChI=1S/C13H21NO4/c1-3-5-7-16-8-6-11-9-12(18-14-11)10-13(15)17-4-2/h9H,3-8,10H2,1-2H3. The molecule has 102 valence electrons. The highest BCUT2D eigenvalue weighted by Gasteiger charge is 2.09. The van der Waals surface area contributed by atoms with Crippen LogP contribution in [0, 0.1) is 0 Å². The normalized spacial score (nSPS) is 10.6. The fourth-order valence-corrected chi connectivity index (χ4v) is 1.44. The number of esters is 1. The summed E-state index contributed by atoms with van der Waals surface area (Å²) < 4.78 is 15.3. The molecule has 0 spiro atoms. The molecule has 0 saturated heterocycles. The molecule has 0 unspecified atom stereocenters. The summed E-state index contributed by atoms with van der Waals surface area (Å²) in [5.41, 5.74) is 0.811. The lowest BCUT2D eigenvalue weighted by molar-refractivity contribution is -0.142. The molecule has 0 amide bonds. The lowest BCUT2D eigenvalue weighted by atomic mass is 10.2. The number of nitrogens with zero attached hydrogens (tertiary/aromatic N) is 1. The Kier molecular flexibility index (Phi) is 7.10.